The summed E-state index contributed by atoms with van der Waals surface area (Å²) in [6, 6.07) is 3.56. The van der Waals surface area contributed by atoms with E-state index in [0.717, 1.165) is 4.88 Å². The van der Waals surface area contributed by atoms with Gasteiger partial charge < -0.3 is 15.3 Å². The van der Waals surface area contributed by atoms with Gasteiger partial charge in [-0.3, -0.25) is 0 Å². The van der Waals surface area contributed by atoms with E-state index in [9.17, 15) is 14.7 Å². The second-order valence-electron chi connectivity index (χ2n) is 5.62. The number of carbonyl (C=O) groups is 2. The first-order valence-electron chi connectivity index (χ1n) is 7.14. The molecule has 5 nitrogen and oxygen atoms in total. The number of nitrogens with zero attached hydrogens (tertiary/aromatic N) is 1. The molecule has 2 N–H and O–H groups in total. The monoisotopic (exact) mass is 312 g/mol. The van der Waals surface area contributed by atoms with Gasteiger partial charge in [0.15, 0.2) is 0 Å². The summed E-state index contributed by atoms with van der Waals surface area (Å²) in [6.07, 6.45) is 1.09. The Morgan fingerprint density at radius 2 is 2.14 bits per heavy atom. The van der Waals surface area contributed by atoms with Gasteiger partial charge in [-0.15, -0.1) is 11.3 Å². The molecular weight excluding hydrogens is 288 g/mol. The molecule has 0 aliphatic heterocycles. The third kappa shape index (κ3) is 4.74. The molecule has 1 atom stereocenters. The molecule has 118 valence electrons. The molecule has 21 heavy (non-hydrogen) atoms. The number of carboxylic acid groups (broad SMARTS) is 1. The maximum absolute atomic E-state index is 12.5. The number of carboxylic acids is 1. The van der Waals surface area contributed by atoms with Gasteiger partial charge in [-0.25, -0.2) is 9.59 Å². The van der Waals surface area contributed by atoms with E-state index in [1.165, 1.54) is 0 Å². The van der Waals surface area contributed by atoms with E-state index >= 15 is 0 Å². The third-order valence-electron chi connectivity index (χ3n) is 3.40. The van der Waals surface area contributed by atoms with Gasteiger partial charge in [-0.2, -0.15) is 0 Å². The minimum atomic E-state index is -1.23. The number of carbonyl (C=O) groups excluding carboxylic acids is 1. The van der Waals surface area contributed by atoms with Crippen molar-refractivity contribution in [1.82, 2.24) is 10.2 Å². The minimum Gasteiger partial charge on any atom is -0.480 e. The summed E-state index contributed by atoms with van der Waals surface area (Å²) >= 11 is 1.58. The fourth-order valence-electron chi connectivity index (χ4n) is 2.09. The van der Waals surface area contributed by atoms with Crippen molar-refractivity contribution in [3.8, 4) is 0 Å². The minimum absolute atomic E-state index is 0.00762. The molecule has 6 heteroatoms. The second kappa shape index (κ2) is 7.45. The maximum Gasteiger partial charge on any atom is 0.329 e. The number of hydrogen-bond donors (Lipinski definition) is 2. The van der Waals surface area contributed by atoms with Crippen LogP contribution in [0.1, 0.15) is 45.4 Å². The lowest BCUT2D eigenvalue weighted by Crippen LogP contribution is -2.56. The SMILES string of the molecule is CCCC(C)(NC(=O)N(Cc1cccs1)C(C)C)C(=O)O. The standard InChI is InChI=1S/C15H24N2O3S/c1-5-8-15(4,13(18)19)16-14(20)17(11(2)3)10-12-7-6-9-21-12/h6-7,9,11H,5,8,10H2,1-4H3,(H,16,20)(H,18,19). The van der Waals surface area contributed by atoms with Crippen molar-refractivity contribution >= 4 is 23.3 Å². The molecule has 1 rings (SSSR count). The van der Waals surface area contributed by atoms with Crippen molar-refractivity contribution in [2.24, 2.45) is 0 Å². The van der Waals surface area contributed by atoms with Gasteiger partial charge in [0.25, 0.3) is 0 Å². The lowest BCUT2D eigenvalue weighted by Gasteiger charge is -2.32. The van der Waals surface area contributed by atoms with Gasteiger partial charge in [-0.1, -0.05) is 19.4 Å². The van der Waals surface area contributed by atoms with Crippen molar-refractivity contribution in [2.75, 3.05) is 0 Å². The molecule has 0 saturated carbocycles. The average Bonchev–Trinajstić information content (AvgIpc) is 2.88. The first kappa shape index (κ1) is 17.5. The van der Waals surface area contributed by atoms with Crippen molar-refractivity contribution < 1.29 is 14.7 Å². The van der Waals surface area contributed by atoms with E-state index in [4.69, 9.17) is 0 Å². The average molecular weight is 312 g/mol. The summed E-state index contributed by atoms with van der Waals surface area (Å²) in [5.74, 6) is -1.00. The van der Waals surface area contributed by atoms with Crippen LogP contribution in [0.3, 0.4) is 0 Å². The molecule has 1 aromatic rings. The van der Waals surface area contributed by atoms with E-state index in [0.29, 0.717) is 19.4 Å². The van der Waals surface area contributed by atoms with E-state index in [-0.39, 0.29) is 12.1 Å². The molecule has 0 aliphatic rings. The molecule has 2 amide bonds. The Morgan fingerprint density at radius 3 is 2.57 bits per heavy atom. The summed E-state index contributed by atoms with van der Waals surface area (Å²) < 4.78 is 0. The summed E-state index contributed by atoms with van der Waals surface area (Å²) in [5.41, 5.74) is -1.23. The normalized spacial score (nSPS) is 13.8. The summed E-state index contributed by atoms with van der Waals surface area (Å²) in [7, 11) is 0. The molecule has 0 spiro atoms. The molecule has 1 aromatic heterocycles. The van der Waals surface area contributed by atoms with Crippen LogP contribution in [0.5, 0.6) is 0 Å². The number of rotatable bonds is 7. The number of thiophene rings is 1. The summed E-state index contributed by atoms with van der Waals surface area (Å²) in [6.45, 7) is 7.79. The highest BCUT2D eigenvalue weighted by molar-refractivity contribution is 7.09. The number of urea groups is 1. The molecule has 0 aromatic carbocycles. The molecule has 0 fully saturated rings. The highest BCUT2D eigenvalue weighted by Gasteiger charge is 2.35. The molecular formula is C15H24N2O3S. The van der Waals surface area contributed by atoms with Crippen LogP contribution in [-0.4, -0.2) is 33.6 Å². The van der Waals surface area contributed by atoms with Gasteiger partial charge in [0, 0.05) is 10.9 Å². The zero-order chi connectivity index (χ0) is 16.0. The fourth-order valence-corrected chi connectivity index (χ4v) is 2.79. The predicted octanol–water partition coefficient (Wildman–Crippen LogP) is 3.31. The summed E-state index contributed by atoms with van der Waals surface area (Å²) in [5, 5.41) is 14.0. The van der Waals surface area contributed by atoms with E-state index in [1.54, 1.807) is 23.2 Å². The second-order valence-corrected chi connectivity index (χ2v) is 6.65. The Hall–Kier alpha value is -1.56. The molecule has 0 bridgehead atoms. The largest absolute Gasteiger partial charge is 0.480 e. The Labute approximate surface area is 130 Å². The van der Waals surface area contributed by atoms with Crippen LogP contribution in [0.25, 0.3) is 0 Å². The van der Waals surface area contributed by atoms with Crippen molar-refractivity contribution in [3.63, 3.8) is 0 Å². The van der Waals surface area contributed by atoms with Gasteiger partial charge in [0.05, 0.1) is 6.54 Å². The van der Waals surface area contributed by atoms with Crippen LogP contribution < -0.4 is 5.32 Å². The van der Waals surface area contributed by atoms with Gasteiger partial charge in [0.2, 0.25) is 0 Å². The third-order valence-corrected chi connectivity index (χ3v) is 4.26. The van der Waals surface area contributed by atoms with Gasteiger partial charge in [-0.05, 0) is 38.6 Å². The maximum atomic E-state index is 12.5. The quantitative estimate of drug-likeness (QED) is 0.811. The molecule has 1 heterocycles. The highest BCUT2D eigenvalue weighted by atomic mass is 32.1. The van der Waals surface area contributed by atoms with Crippen LogP contribution in [-0.2, 0) is 11.3 Å². The lowest BCUT2D eigenvalue weighted by molar-refractivity contribution is -0.144. The van der Waals surface area contributed by atoms with E-state index in [2.05, 4.69) is 5.32 Å². The van der Waals surface area contributed by atoms with Crippen molar-refractivity contribution in [2.45, 2.75) is 58.7 Å². The van der Waals surface area contributed by atoms with Crippen molar-refractivity contribution in [3.05, 3.63) is 22.4 Å². The van der Waals surface area contributed by atoms with Crippen LogP contribution in [0.2, 0.25) is 0 Å². The smallest absolute Gasteiger partial charge is 0.329 e. The zero-order valence-corrected chi connectivity index (χ0v) is 13.9. The summed E-state index contributed by atoms with van der Waals surface area (Å²) in [4.78, 5) is 26.6. The van der Waals surface area contributed by atoms with Crippen LogP contribution in [0, 0.1) is 0 Å². The number of amides is 2. The highest BCUT2D eigenvalue weighted by Crippen LogP contribution is 2.17. The number of nitrogens with one attached hydrogen (secondary N) is 1. The Bertz CT molecular complexity index is 473. The zero-order valence-electron chi connectivity index (χ0n) is 13.0. The number of hydrogen-bond acceptors (Lipinski definition) is 3. The first-order chi connectivity index (χ1) is 9.80. The Morgan fingerprint density at radius 1 is 1.48 bits per heavy atom. The Balaban J connectivity index is 2.83. The van der Waals surface area contributed by atoms with Crippen LogP contribution >= 0.6 is 11.3 Å². The van der Waals surface area contributed by atoms with Gasteiger partial charge in [0.1, 0.15) is 5.54 Å². The topological polar surface area (TPSA) is 69.6 Å². The lowest BCUT2D eigenvalue weighted by atomic mass is 9.96. The number of aliphatic carboxylic acids is 1. The fraction of sp³-hybridized carbons (Fsp3) is 0.600. The van der Waals surface area contributed by atoms with E-state index in [1.807, 2.05) is 38.3 Å². The molecule has 0 aliphatic carbocycles. The molecule has 0 saturated heterocycles. The van der Waals surface area contributed by atoms with Crippen molar-refractivity contribution in [1.29, 1.82) is 0 Å². The van der Waals surface area contributed by atoms with Crippen LogP contribution in [0.15, 0.2) is 17.5 Å². The molecule has 0 radical (unpaired) electrons. The van der Waals surface area contributed by atoms with Crippen LogP contribution in [0.4, 0.5) is 4.79 Å². The molecule has 1 unspecified atom stereocenters. The van der Waals surface area contributed by atoms with Gasteiger partial charge >= 0.3 is 12.0 Å². The first-order valence-corrected chi connectivity index (χ1v) is 8.02. The predicted molar refractivity (Wildman–Crippen MR) is 84.5 cm³/mol. The van der Waals surface area contributed by atoms with E-state index < -0.39 is 11.5 Å². The Kier molecular flexibility index (Phi) is 6.20.